The zero-order chi connectivity index (χ0) is 11.9. The maximum absolute atomic E-state index is 11.3. The van der Waals surface area contributed by atoms with Gasteiger partial charge in [0.1, 0.15) is 0 Å². The van der Waals surface area contributed by atoms with Crippen LogP contribution in [0.15, 0.2) is 0 Å². The Kier molecular flexibility index (Phi) is 2.67. The van der Waals surface area contributed by atoms with Crippen molar-refractivity contribution >= 4 is 5.97 Å². The number of carbonyl (C=O) groups is 1. The molecule has 2 heterocycles. The smallest absolute Gasteiger partial charge is 0.310 e. The van der Waals surface area contributed by atoms with E-state index in [-0.39, 0.29) is 0 Å². The highest BCUT2D eigenvalue weighted by Crippen LogP contribution is 2.46. The summed E-state index contributed by atoms with van der Waals surface area (Å²) >= 11 is 0. The Bertz CT molecular complexity index is 311. The maximum atomic E-state index is 11.3. The number of hydrogen-bond donors (Lipinski definition) is 1. The van der Waals surface area contributed by atoms with Gasteiger partial charge in [0.25, 0.3) is 0 Å². The normalized spacial score (nSPS) is 30.6. The van der Waals surface area contributed by atoms with Gasteiger partial charge in [-0.3, -0.25) is 4.79 Å². The first-order chi connectivity index (χ1) is 8.14. The molecule has 17 heavy (non-hydrogen) atoms. The maximum Gasteiger partial charge on any atom is 0.310 e. The van der Waals surface area contributed by atoms with E-state index in [0.29, 0.717) is 5.41 Å². The summed E-state index contributed by atoms with van der Waals surface area (Å²) in [7, 11) is 0. The standard InChI is InChI=1S/C13H21NO3/c15-11(16)13(2-1-3-13)10-14-8-12(9-14)4-6-17-7-5-12/h1-10H2,(H,15,16). The van der Waals surface area contributed by atoms with Crippen LogP contribution in [-0.2, 0) is 9.53 Å². The van der Waals surface area contributed by atoms with E-state index in [1.807, 2.05) is 0 Å². The molecule has 3 rings (SSSR count). The molecular weight excluding hydrogens is 218 g/mol. The van der Waals surface area contributed by atoms with Crippen LogP contribution in [0.2, 0.25) is 0 Å². The van der Waals surface area contributed by atoms with Gasteiger partial charge in [-0.15, -0.1) is 0 Å². The van der Waals surface area contributed by atoms with E-state index in [0.717, 1.165) is 65.0 Å². The number of hydrogen-bond acceptors (Lipinski definition) is 3. The first-order valence-electron chi connectivity index (χ1n) is 6.68. The minimum absolute atomic E-state index is 0.410. The average molecular weight is 239 g/mol. The van der Waals surface area contributed by atoms with Gasteiger partial charge in [-0.2, -0.15) is 0 Å². The van der Waals surface area contributed by atoms with Crippen LogP contribution in [0.3, 0.4) is 0 Å². The molecule has 2 aliphatic heterocycles. The quantitative estimate of drug-likeness (QED) is 0.807. The molecule has 0 bridgehead atoms. The molecule has 0 aromatic heterocycles. The Morgan fingerprint density at radius 1 is 1.18 bits per heavy atom. The summed E-state index contributed by atoms with van der Waals surface area (Å²) in [6.45, 7) is 4.72. The lowest BCUT2D eigenvalue weighted by Crippen LogP contribution is -2.62. The molecule has 1 spiro atoms. The highest BCUT2D eigenvalue weighted by Gasteiger charge is 2.51. The van der Waals surface area contributed by atoms with E-state index < -0.39 is 11.4 Å². The van der Waals surface area contributed by atoms with Crippen molar-refractivity contribution in [3.63, 3.8) is 0 Å². The van der Waals surface area contributed by atoms with Gasteiger partial charge in [-0.1, -0.05) is 6.42 Å². The summed E-state index contributed by atoms with van der Waals surface area (Å²) in [6, 6.07) is 0. The zero-order valence-corrected chi connectivity index (χ0v) is 10.3. The van der Waals surface area contributed by atoms with Crippen LogP contribution in [0.1, 0.15) is 32.1 Å². The molecule has 0 radical (unpaired) electrons. The zero-order valence-electron chi connectivity index (χ0n) is 10.3. The topological polar surface area (TPSA) is 49.8 Å². The number of aliphatic carboxylic acids is 1. The van der Waals surface area contributed by atoms with Crippen molar-refractivity contribution < 1.29 is 14.6 Å². The minimum atomic E-state index is -0.586. The Morgan fingerprint density at radius 2 is 1.82 bits per heavy atom. The van der Waals surface area contributed by atoms with Crippen molar-refractivity contribution in [2.24, 2.45) is 10.8 Å². The fraction of sp³-hybridized carbons (Fsp3) is 0.923. The number of carboxylic acid groups (broad SMARTS) is 1. The molecular formula is C13H21NO3. The van der Waals surface area contributed by atoms with Crippen LogP contribution in [0.4, 0.5) is 0 Å². The van der Waals surface area contributed by atoms with Crippen molar-refractivity contribution in [3.8, 4) is 0 Å². The summed E-state index contributed by atoms with van der Waals surface area (Å²) in [5.74, 6) is -0.586. The summed E-state index contributed by atoms with van der Waals surface area (Å²) in [6.07, 6.45) is 5.14. The fourth-order valence-electron chi connectivity index (χ4n) is 3.61. The van der Waals surface area contributed by atoms with Gasteiger partial charge in [-0.25, -0.2) is 0 Å². The SMILES string of the molecule is O=C(O)C1(CN2CC3(CCOCC3)C2)CCC1. The summed E-state index contributed by atoms with van der Waals surface area (Å²) in [4.78, 5) is 13.6. The molecule has 0 aromatic carbocycles. The largest absolute Gasteiger partial charge is 0.481 e. The molecule has 4 nitrogen and oxygen atoms in total. The van der Waals surface area contributed by atoms with Crippen molar-refractivity contribution in [2.75, 3.05) is 32.8 Å². The lowest BCUT2D eigenvalue weighted by molar-refractivity contribution is -0.162. The third-order valence-electron chi connectivity index (χ3n) is 4.96. The van der Waals surface area contributed by atoms with Crippen molar-refractivity contribution in [1.29, 1.82) is 0 Å². The van der Waals surface area contributed by atoms with Crippen LogP contribution in [0.5, 0.6) is 0 Å². The molecule has 4 heteroatoms. The first kappa shape index (κ1) is 11.5. The molecule has 2 saturated heterocycles. The second-order valence-electron chi connectivity index (χ2n) is 6.20. The highest BCUT2D eigenvalue weighted by atomic mass is 16.5. The predicted octanol–water partition coefficient (Wildman–Crippen LogP) is 1.35. The highest BCUT2D eigenvalue weighted by molar-refractivity contribution is 5.76. The number of ether oxygens (including phenoxy) is 1. The van der Waals surface area contributed by atoms with E-state index in [1.54, 1.807) is 0 Å². The van der Waals surface area contributed by atoms with Gasteiger partial charge in [0.2, 0.25) is 0 Å². The minimum Gasteiger partial charge on any atom is -0.481 e. The summed E-state index contributed by atoms with van der Waals surface area (Å²) in [5, 5.41) is 9.31. The first-order valence-corrected chi connectivity index (χ1v) is 6.68. The van der Waals surface area contributed by atoms with Gasteiger partial charge < -0.3 is 14.7 Å². The second-order valence-corrected chi connectivity index (χ2v) is 6.20. The third-order valence-corrected chi connectivity index (χ3v) is 4.96. The van der Waals surface area contributed by atoms with E-state index in [1.165, 1.54) is 0 Å². The lowest BCUT2D eigenvalue weighted by atomic mass is 9.66. The number of likely N-dealkylation sites (tertiary alicyclic amines) is 1. The van der Waals surface area contributed by atoms with Crippen LogP contribution in [0.25, 0.3) is 0 Å². The lowest BCUT2D eigenvalue weighted by Gasteiger charge is -2.55. The Hall–Kier alpha value is -0.610. The molecule has 0 aromatic rings. The van der Waals surface area contributed by atoms with Gasteiger partial charge >= 0.3 is 5.97 Å². The van der Waals surface area contributed by atoms with Gasteiger partial charge in [0.15, 0.2) is 0 Å². The molecule has 3 aliphatic rings. The second kappa shape index (κ2) is 3.95. The molecule has 1 aliphatic carbocycles. The Labute approximate surface area is 102 Å². The average Bonchev–Trinajstić information content (AvgIpc) is 2.21. The number of nitrogens with zero attached hydrogens (tertiary/aromatic N) is 1. The van der Waals surface area contributed by atoms with Crippen LogP contribution in [0, 0.1) is 10.8 Å². The van der Waals surface area contributed by atoms with Crippen LogP contribution in [-0.4, -0.2) is 48.8 Å². The Balaban J connectivity index is 1.54. The van der Waals surface area contributed by atoms with Crippen molar-refractivity contribution in [1.82, 2.24) is 4.90 Å². The monoisotopic (exact) mass is 239 g/mol. The van der Waals surface area contributed by atoms with Crippen LogP contribution < -0.4 is 0 Å². The molecule has 96 valence electrons. The predicted molar refractivity (Wildman–Crippen MR) is 62.8 cm³/mol. The molecule has 0 amide bonds. The van der Waals surface area contributed by atoms with Crippen molar-refractivity contribution in [3.05, 3.63) is 0 Å². The number of carboxylic acids is 1. The molecule has 0 atom stereocenters. The van der Waals surface area contributed by atoms with E-state index in [4.69, 9.17) is 4.74 Å². The van der Waals surface area contributed by atoms with Gasteiger partial charge in [0.05, 0.1) is 5.41 Å². The van der Waals surface area contributed by atoms with Gasteiger partial charge in [0, 0.05) is 38.3 Å². The van der Waals surface area contributed by atoms with Gasteiger partial charge in [-0.05, 0) is 25.7 Å². The summed E-state index contributed by atoms with van der Waals surface area (Å²) < 4.78 is 5.39. The van der Waals surface area contributed by atoms with E-state index in [2.05, 4.69) is 4.90 Å². The van der Waals surface area contributed by atoms with Crippen LogP contribution >= 0.6 is 0 Å². The molecule has 3 fully saturated rings. The third kappa shape index (κ3) is 1.87. The number of rotatable bonds is 3. The Morgan fingerprint density at radius 3 is 2.29 bits per heavy atom. The molecule has 1 saturated carbocycles. The fourth-order valence-corrected chi connectivity index (χ4v) is 3.61. The molecule has 0 unspecified atom stereocenters. The van der Waals surface area contributed by atoms with E-state index in [9.17, 15) is 9.90 Å². The molecule has 1 N–H and O–H groups in total. The van der Waals surface area contributed by atoms with Crippen molar-refractivity contribution in [2.45, 2.75) is 32.1 Å². The van der Waals surface area contributed by atoms with E-state index >= 15 is 0 Å². The summed E-state index contributed by atoms with van der Waals surface area (Å²) in [5.41, 5.74) is 0.0501.